The van der Waals surface area contributed by atoms with Crippen molar-refractivity contribution in [2.75, 3.05) is 13.1 Å². The molecule has 1 aromatic carbocycles. The summed E-state index contributed by atoms with van der Waals surface area (Å²) in [7, 11) is 0. The molecule has 0 saturated carbocycles. The van der Waals surface area contributed by atoms with Gasteiger partial charge in [0.15, 0.2) is 0 Å². The molecular weight excluding hydrogens is 333 g/mol. The zero-order chi connectivity index (χ0) is 18.7. The van der Waals surface area contributed by atoms with Crippen LogP contribution in [0.3, 0.4) is 0 Å². The van der Waals surface area contributed by atoms with E-state index in [0.29, 0.717) is 19.4 Å². The highest BCUT2D eigenvalue weighted by Crippen LogP contribution is 2.24. The number of carbonyl (C=O) groups excluding carboxylic acids is 1. The summed E-state index contributed by atoms with van der Waals surface area (Å²) in [6, 6.07) is 2.45. The molecule has 1 heterocycles. The van der Waals surface area contributed by atoms with Gasteiger partial charge in [-0.1, -0.05) is 0 Å². The molecule has 1 N–H and O–H groups in total. The van der Waals surface area contributed by atoms with Crippen LogP contribution in [-0.2, 0) is 0 Å². The number of hydrogen-bond donors (Lipinski definition) is 1. The van der Waals surface area contributed by atoms with Gasteiger partial charge in [0.25, 0.3) is 5.91 Å². The fourth-order valence-corrected chi connectivity index (χ4v) is 3.11. The Balaban J connectivity index is 2.31. The number of benzene rings is 1. The third kappa shape index (κ3) is 4.04. The fraction of sp³-hybridized carbons (Fsp3) is 0.500. The van der Waals surface area contributed by atoms with Crippen LogP contribution in [0.2, 0.25) is 0 Å². The molecule has 2 amide bonds. The Hall–Kier alpha value is -2.71. The first-order valence-electron chi connectivity index (χ1n) is 7.96. The molecule has 0 aromatic heterocycles. The smallest absolute Gasteiger partial charge is 0.407 e. The van der Waals surface area contributed by atoms with Gasteiger partial charge in [-0.15, -0.1) is 0 Å². The van der Waals surface area contributed by atoms with Crippen LogP contribution in [0.4, 0.5) is 14.9 Å². The van der Waals surface area contributed by atoms with Crippen LogP contribution in [0.25, 0.3) is 0 Å². The summed E-state index contributed by atoms with van der Waals surface area (Å²) in [5.74, 6) is -1.48. The molecule has 1 aromatic rings. The molecule has 136 valence electrons. The van der Waals surface area contributed by atoms with Gasteiger partial charge in [0.1, 0.15) is 0 Å². The van der Waals surface area contributed by atoms with Crippen LogP contribution < -0.4 is 0 Å². The predicted octanol–water partition coefficient (Wildman–Crippen LogP) is 2.73. The molecule has 25 heavy (non-hydrogen) atoms. The van der Waals surface area contributed by atoms with Gasteiger partial charge in [0, 0.05) is 30.8 Å². The summed E-state index contributed by atoms with van der Waals surface area (Å²) in [6.45, 7) is 4.17. The second-order valence-corrected chi connectivity index (χ2v) is 6.25. The van der Waals surface area contributed by atoms with Crippen molar-refractivity contribution < 1.29 is 24.0 Å². The number of amides is 2. The lowest BCUT2D eigenvalue weighted by Gasteiger charge is -2.40. The number of carboxylic acid groups (broad SMARTS) is 1. The van der Waals surface area contributed by atoms with E-state index in [1.54, 1.807) is 13.8 Å². The van der Waals surface area contributed by atoms with Crippen LogP contribution in [-0.4, -0.2) is 57.0 Å². The first kappa shape index (κ1) is 18.6. The van der Waals surface area contributed by atoms with Gasteiger partial charge in [0.2, 0.25) is 5.82 Å². The molecule has 1 aliphatic heterocycles. The maximum atomic E-state index is 13.5. The van der Waals surface area contributed by atoms with Gasteiger partial charge in [-0.2, -0.15) is 4.39 Å². The summed E-state index contributed by atoms with van der Waals surface area (Å²) in [6.07, 6.45) is 0.215. The van der Waals surface area contributed by atoms with Crippen LogP contribution in [0.5, 0.6) is 0 Å². The number of rotatable bonds is 4. The highest BCUT2D eigenvalue weighted by Gasteiger charge is 2.33. The van der Waals surface area contributed by atoms with Crippen molar-refractivity contribution in [2.45, 2.75) is 38.8 Å². The zero-order valence-electron chi connectivity index (χ0n) is 14.0. The Bertz CT molecular complexity index is 694. The summed E-state index contributed by atoms with van der Waals surface area (Å²) in [5, 5.41) is 20.1. The molecule has 0 spiro atoms. The Morgan fingerprint density at radius 3 is 2.68 bits per heavy atom. The Labute approximate surface area is 144 Å². The van der Waals surface area contributed by atoms with Gasteiger partial charge in [-0.3, -0.25) is 14.9 Å². The van der Waals surface area contributed by atoms with Crippen LogP contribution in [0.15, 0.2) is 18.2 Å². The summed E-state index contributed by atoms with van der Waals surface area (Å²) in [5.41, 5.74) is -0.750. The first-order chi connectivity index (χ1) is 11.7. The van der Waals surface area contributed by atoms with Gasteiger partial charge in [0.05, 0.1) is 11.0 Å². The molecule has 1 atom stereocenters. The number of carbonyl (C=O) groups is 2. The van der Waals surface area contributed by atoms with Crippen molar-refractivity contribution in [3.8, 4) is 0 Å². The quantitative estimate of drug-likeness (QED) is 0.662. The SMILES string of the molecule is CC(C)N(C(=O)c1ccc(F)c([N+](=O)[O-])c1)[C@@H]1CCCN(C(=O)O)C1. The van der Waals surface area contributed by atoms with E-state index in [2.05, 4.69) is 0 Å². The summed E-state index contributed by atoms with van der Waals surface area (Å²) < 4.78 is 13.5. The molecule has 1 fully saturated rings. The van der Waals surface area contributed by atoms with E-state index in [-0.39, 0.29) is 24.2 Å². The molecule has 1 saturated heterocycles. The summed E-state index contributed by atoms with van der Waals surface area (Å²) in [4.78, 5) is 36.8. The average molecular weight is 353 g/mol. The van der Waals surface area contributed by atoms with Crippen molar-refractivity contribution in [1.82, 2.24) is 9.80 Å². The maximum Gasteiger partial charge on any atom is 0.407 e. The number of hydrogen-bond acceptors (Lipinski definition) is 4. The van der Waals surface area contributed by atoms with Crippen molar-refractivity contribution in [1.29, 1.82) is 0 Å². The number of halogens is 1. The maximum absolute atomic E-state index is 13.5. The van der Waals surface area contributed by atoms with Crippen molar-refractivity contribution in [2.24, 2.45) is 0 Å². The molecule has 0 aliphatic carbocycles. The van der Waals surface area contributed by atoms with Gasteiger partial charge < -0.3 is 14.9 Å². The number of nitro benzene ring substituents is 1. The monoisotopic (exact) mass is 353 g/mol. The van der Waals surface area contributed by atoms with E-state index < -0.39 is 28.4 Å². The van der Waals surface area contributed by atoms with E-state index in [9.17, 15) is 24.1 Å². The number of nitro groups is 1. The Morgan fingerprint density at radius 1 is 1.44 bits per heavy atom. The number of piperidine rings is 1. The molecule has 0 radical (unpaired) electrons. The Morgan fingerprint density at radius 2 is 2.12 bits per heavy atom. The molecule has 2 rings (SSSR count). The van der Waals surface area contributed by atoms with Gasteiger partial charge in [-0.25, -0.2) is 4.79 Å². The largest absolute Gasteiger partial charge is 0.465 e. The second kappa shape index (κ2) is 7.45. The van der Waals surface area contributed by atoms with Gasteiger partial charge in [-0.05, 0) is 38.8 Å². The minimum absolute atomic E-state index is 0.00856. The zero-order valence-corrected chi connectivity index (χ0v) is 14.0. The highest BCUT2D eigenvalue weighted by atomic mass is 19.1. The normalized spacial score (nSPS) is 17.4. The molecule has 1 aliphatic rings. The third-order valence-corrected chi connectivity index (χ3v) is 4.24. The van der Waals surface area contributed by atoms with E-state index in [0.717, 1.165) is 12.1 Å². The topological polar surface area (TPSA) is 104 Å². The van der Waals surface area contributed by atoms with E-state index in [1.165, 1.54) is 15.9 Å². The van der Waals surface area contributed by atoms with Gasteiger partial charge >= 0.3 is 11.8 Å². The predicted molar refractivity (Wildman–Crippen MR) is 87.0 cm³/mol. The molecule has 9 heteroatoms. The van der Waals surface area contributed by atoms with Crippen LogP contribution in [0.1, 0.15) is 37.0 Å². The molecule has 8 nitrogen and oxygen atoms in total. The lowest BCUT2D eigenvalue weighted by molar-refractivity contribution is -0.387. The van der Waals surface area contributed by atoms with Crippen molar-refractivity contribution >= 4 is 17.7 Å². The minimum Gasteiger partial charge on any atom is -0.465 e. The third-order valence-electron chi connectivity index (χ3n) is 4.24. The van der Waals surface area contributed by atoms with Crippen LogP contribution in [0, 0.1) is 15.9 Å². The van der Waals surface area contributed by atoms with Crippen LogP contribution >= 0.6 is 0 Å². The second-order valence-electron chi connectivity index (χ2n) is 6.25. The Kier molecular flexibility index (Phi) is 5.55. The van der Waals surface area contributed by atoms with E-state index in [4.69, 9.17) is 5.11 Å². The summed E-state index contributed by atoms with van der Waals surface area (Å²) >= 11 is 0. The van der Waals surface area contributed by atoms with E-state index in [1.807, 2.05) is 0 Å². The average Bonchev–Trinajstić information content (AvgIpc) is 2.55. The molecule has 0 unspecified atom stereocenters. The molecule has 0 bridgehead atoms. The van der Waals surface area contributed by atoms with Crippen molar-refractivity contribution in [3.05, 3.63) is 39.7 Å². The standard InChI is InChI=1S/C16H20FN3O5/c1-10(2)19(12-4-3-7-18(9-12)16(22)23)15(21)11-5-6-13(17)14(8-11)20(24)25/h5-6,8,10,12H,3-4,7,9H2,1-2H3,(H,22,23)/t12-/m1/s1. The number of nitrogens with zero attached hydrogens (tertiary/aromatic N) is 3. The molecular formula is C16H20FN3O5. The van der Waals surface area contributed by atoms with E-state index >= 15 is 0 Å². The lowest BCUT2D eigenvalue weighted by atomic mass is 10.0. The van der Waals surface area contributed by atoms with Crippen molar-refractivity contribution in [3.63, 3.8) is 0 Å². The fourth-order valence-electron chi connectivity index (χ4n) is 3.11. The highest BCUT2D eigenvalue weighted by molar-refractivity contribution is 5.95. The minimum atomic E-state index is -1.04. The number of likely N-dealkylation sites (tertiary alicyclic amines) is 1. The lowest BCUT2D eigenvalue weighted by Crippen LogP contribution is -2.53. The first-order valence-corrected chi connectivity index (χ1v) is 7.96.